The highest BCUT2D eigenvalue weighted by Gasteiger charge is 2.17. The summed E-state index contributed by atoms with van der Waals surface area (Å²) in [6, 6.07) is 29.9. The van der Waals surface area contributed by atoms with Gasteiger partial charge in [0.2, 0.25) is 0 Å². The molecule has 0 saturated carbocycles. The van der Waals surface area contributed by atoms with Gasteiger partial charge in [0.25, 0.3) is 0 Å². The zero-order chi connectivity index (χ0) is 31.5. The molecule has 0 aliphatic heterocycles. The van der Waals surface area contributed by atoms with Crippen molar-refractivity contribution in [1.82, 2.24) is 4.57 Å². The van der Waals surface area contributed by atoms with E-state index in [1.165, 1.54) is 6.92 Å². The van der Waals surface area contributed by atoms with E-state index < -0.39 is 5.97 Å². The van der Waals surface area contributed by atoms with Crippen LogP contribution in [0.25, 0.3) is 27.5 Å². The fourth-order valence-corrected chi connectivity index (χ4v) is 5.18. The number of carbonyl (C=O) groups is 2. The summed E-state index contributed by atoms with van der Waals surface area (Å²) < 4.78 is 13.2. The minimum atomic E-state index is -0.484. The number of hydrogen-bond acceptors (Lipinski definition) is 8. The fraction of sp³-hybridized carbons (Fsp3) is 0.111. The number of carbonyl (C=O) groups excluding carboxylic acids is 2. The molecular formula is C36H29N3O6. The molecule has 4 aromatic carbocycles. The number of oxime groups is 2. The summed E-state index contributed by atoms with van der Waals surface area (Å²) in [4.78, 5) is 29.6. The van der Waals surface area contributed by atoms with E-state index in [0.717, 1.165) is 38.6 Å². The molecule has 0 aliphatic rings. The lowest BCUT2D eigenvalue weighted by Crippen LogP contribution is -2.02. The molecule has 0 atom stereocenters. The van der Waals surface area contributed by atoms with Gasteiger partial charge in [-0.2, -0.15) is 0 Å². The number of furan rings is 1. The zero-order valence-electron chi connectivity index (χ0n) is 24.9. The number of fused-ring (bicyclic) bond motifs is 3. The molecule has 0 aliphatic carbocycles. The molecule has 0 radical (unpaired) electrons. The highest BCUT2D eigenvalue weighted by molar-refractivity contribution is 6.16. The Morgan fingerprint density at radius 1 is 0.756 bits per heavy atom. The first-order valence-corrected chi connectivity index (χ1v) is 14.2. The van der Waals surface area contributed by atoms with Gasteiger partial charge in [-0.05, 0) is 104 Å². The van der Waals surface area contributed by atoms with Crippen LogP contribution in [0.15, 0.2) is 118 Å². The third-order valence-electron chi connectivity index (χ3n) is 7.53. The van der Waals surface area contributed by atoms with Gasteiger partial charge in [0, 0.05) is 34.5 Å². The quantitative estimate of drug-likeness (QED) is 0.0599. The Kier molecular flexibility index (Phi) is 7.99. The molecule has 2 aromatic heterocycles. The number of hydrogen-bond donors (Lipinski definition) is 1. The van der Waals surface area contributed by atoms with Crippen LogP contribution in [0, 0.1) is 0 Å². The van der Waals surface area contributed by atoms with Crippen molar-refractivity contribution in [1.29, 1.82) is 0 Å². The first-order valence-electron chi connectivity index (χ1n) is 14.2. The van der Waals surface area contributed by atoms with Gasteiger partial charge in [0.1, 0.15) is 18.1 Å². The van der Waals surface area contributed by atoms with Crippen molar-refractivity contribution < 1.29 is 28.8 Å². The van der Waals surface area contributed by atoms with Crippen molar-refractivity contribution in [2.24, 2.45) is 10.3 Å². The monoisotopic (exact) mass is 599 g/mol. The molecule has 0 unspecified atom stereocenters. The molecule has 2 heterocycles. The van der Waals surface area contributed by atoms with Gasteiger partial charge in [-0.25, -0.2) is 4.79 Å². The van der Waals surface area contributed by atoms with E-state index in [0.29, 0.717) is 40.7 Å². The van der Waals surface area contributed by atoms with Gasteiger partial charge in [-0.15, -0.1) is 0 Å². The standard InChI is InChI=1S/C36H29N3O6/c1-22(37-42)27-10-16-34-32(19-27)33-20-28(36(41)26-8-14-30(15-9-26)44-21-31-5-4-18-43-31)11-17-35(33)39(34)29-12-6-25(7-13-29)23(2)38-45-24(3)40/h4-20,42H,21H2,1-3H3/b37-22+,38-23-. The smallest absolute Gasteiger partial charge is 0.331 e. The van der Waals surface area contributed by atoms with Gasteiger partial charge in [-0.3, -0.25) is 4.79 Å². The van der Waals surface area contributed by atoms with Gasteiger partial charge in [0.15, 0.2) is 5.78 Å². The van der Waals surface area contributed by atoms with Crippen LogP contribution < -0.4 is 4.74 Å². The second kappa shape index (κ2) is 12.3. The molecule has 6 aromatic rings. The van der Waals surface area contributed by atoms with Crippen LogP contribution in [0.4, 0.5) is 0 Å². The van der Waals surface area contributed by atoms with Crippen LogP contribution in [0.3, 0.4) is 0 Å². The maximum atomic E-state index is 13.6. The Balaban J connectivity index is 1.38. The maximum absolute atomic E-state index is 13.6. The maximum Gasteiger partial charge on any atom is 0.331 e. The number of aromatic nitrogens is 1. The minimum absolute atomic E-state index is 0.119. The van der Waals surface area contributed by atoms with Gasteiger partial charge < -0.3 is 23.8 Å². The highest BCUT2D eigenvalue weighted by Crippen LogP contribution is 2.34. The van der Waals surface area contributed by atoms with Crippen molar-refractivity contribution in [2.45, 2.75) is 27.4 Å². The van der Waals surface area contributed by atoms with E-state index in [9.17, 15) is 14.8 Å². The van der Waals surface area contributed by atoms with Gasteiger partial charge in [-0.1, -0.05) is 28.5 Å². The van der Waals surface area contributed by atoms with E-state index in [4.69, 9.17) is 14.0 Å². The fourth-order valence-electron chi connectivity index (χ4n) is 5.18. The lowest BCUT2D eigenvalue weighted by molar-refractivity contribution is -0.140. The summed E-state index contributed by atoms with van der Waals surface area (Å²) in [6.07, 6.45) is 1.60. The second-order valence-electron chi connectivity index (χ2n) is 10.5. The first-order chi connectivity index (χ1) is 21.8. The summed E-state index contributed by atoms with van der Waals surface area (Å²) in [7, 11) is 0. The molecule has 6 rings (SSSR count). The predicted octanol–water partition coefficient (Wildman–Crippen LogP) is 7.67. The van der Waals surface area contributed by atoms with E-state index in [1.54, 1.807) is 50.4 Å². The van der Waals surface area contributed by atoms with Crippen molar-refractivity contribution >= 4 is 45.0 Å². The van der Waals surface area contributed by atoms with Crippen LogP contribution in [-0.4, -0.2) is 33.0 Å². The van der Waals surface area contributed by atoms with Crippen molar-refractivity contribution in [3.8, 4) is 11.4 Å². The predicted molar refractivity (Wildman–Crippen MR) is 172 cm³/mol. The van der Waals surface area contributed by atoms with E-state index in [2.05, 4.69) is 14.9 Å². The lowest BCUT2D eigenvalue weighted by Gasteiger charge is -2.10. The SMILES string of the molecule is CC(=O)O/N=C(/C)c1ccc(-n2c3ccc(C(=O)c4ccc(OCc5ccco5)cc4)cc3c3cc(/C(C)=N/O)ccc32)cc1. The number of rotatable bonds is 9. The normalized spacial score (nSPS) is 12.1. The number of benzene rings is 4. The van der Waals surface area contributed by atoms with Gasteiger partial charge >= 0.3 is 5.97 Å². The highest BCUT2D eigenvalue weighted by atomic mass is 16.7. The third kappa shape index (κ3) is 5.96. The Morgan fingerprint density at radius 2 is 1.38 bits per heavy atom. The first kappa shape index (κ1) is 29.1. The number of ketones is 1. The number of nitrogens with zero attached hydrogens (tertiary/aromatic N) is 3. The summed E-state index contributed by atoms with van der Waals surface area (Å²) in [6.45, 7) is 5.10. The molecule has 0 bridgehead atoms. The lowest BCUT2D eigenvalue weighted by atomic mass is 10.0. The topological polar surface area (TPSA) is 116 Å². The summed E-state index contributed by atoms with van der Waals surface area (Å²) in [5.41, 5.74) is 6.40. The van der Waals surface area contributed by atoms with Crippen molar-refractivity contribution in [3.63, 3.8) is 0 Å². The van der Waals surface area contributed by atoms with E-state index >= 15 is 0 Å². The average molecular weight is 600 g/mol. The summed E-state index contributed by atoms with van der Waals surface area (Å²) in [5.74, 6) is 0.743. The van der Waals surface area contributed by atoms with Crippen molar-refractivity contribution in [3.05, 3.63) is 131 Å². The third-order valence-corrected chi connectivity index (χ3v) is 7.53. The minimum Gasteiger partial charge on any atom is -0.486 e. The van der Waals surface area contributed by atoms with Crippen LogP contribution >= 0.6 is 0 Å². The van der Waals surface area contributed by atoms with Crippen LogP contribution in [0.1, 0.15) is 53.6 Å². The molecule has 224 valence electrons. The molecular weight excluding hydrogens is 570 g/mol. The Morgan fingerprint density at radius 3 is 2.00 bits per heavy atom. The zero-order valence-corrected chi connectivity index (χ0v) is 24.9. The van der Waals surface area contributed by atoms with Gasteiger partial charge in [0.05, 0.1) is 28.7 Å². The molecule has 0 spiro atoms. The largest absolute Gasteiger partial charge is 0.486 e. The number of ether oxygens (including phenoxy) is 1. The molecule has 0 saturated heterocycles. The van der Waals surface area contributed by atoms with E-state index in [-0.39, 0.29) is 5.78 Å². The Hall–Kier alpha value is -5.96. The Labute approximate surface area is 258 Å². The summed E-state index contributed by atoms with van der Waals surface area (Å²) in [5, 5.41) is 18.5. The second-order valence-corrected chi connectivity index (χ2v) is 10.5. The van der Waals surface area contributed by atoms with Crippen LogP contribution in [0.5, 0.6) is 5.75 Å². The summed E-state index contributed by atoms with van der Waals surface area (Å²) >= 11 is 0. The van der Waals surface area contributed by atoms with Crippen LogP contribution in [0.2, 0.25) is 0 Å². The molecule has 9 nitrogen and oxygen atoms in total. The molecule has 45 heavy (non-hydrogen) atoms. The molecule has 0 amide bonds. The Bertz CT molecular complexity index is 2090. The van der Waals surface area contributed by atoms with Crippen molar-refractivity contribution in [2.75, 3.05) is 0 Å². The molecule has 9 heteroatoms. The van der Waals surface area contributed by atoms with E-state index in [1.807, 2.05) is 66.7 Å². The molecule has 0 fully saturated rings. The van der Waals surface area contributed by atoms with Crippen LogP contribution in [-0.2, 0) is 16.2 Å². The average Bonchev–Trinajstić information content (AvgIpc) is 3.71. The molecule has 1 N–H and O–H groups in total.